The molecule has 2 aromatic rings. The van der Waals surface area contributed by atoms with E-state index < -0.39 is 17.8 Å². The van der Waals surface area contributed by atoms with Crippen LogP contribution in [-0.2, 0) is 11.3 Å². The second-order valence-electron chi connectivity index (χ2n) is 4.13. The van der Waals surface area contributed by atoms with Crippen molar-refractivity contribution in [1.29, 1.82) is 0 Å². The van der Waals surface area contributed by atoms with Gasteiger partial charge in [-0.25, -0.2) is 4.39 Å². The molecule has 1 atom stereocenters. The van der Waals surface area contributed by atoms with Gasteiger partial charge in [0.2, 0.25) is 0 Å². The Balaban J connectivity index is 2.15. The van der Waals surface area contributed by atoms with Crippen molar-refractivity contribution in [2.45, 2.75) is 12.6 Å². The molecular weight excluding hydrogens is 281 g/mol. The lowest BCUT2D eigenvalue weighted by molar-refractivity contribution is -0.139. The fourth-order valence-electron chi connectivity index (χ4n) is 1.83. The van der Waals surface area contributed by atoms with E-state index in [1.807, 2.05) is 17.5 Å². The summed E-state index contributed by atoms with van der Waals surface area (Å²) in [4.78, 5) is 12.3. The summed E-state index contributed by atoms with van der Waals surface area (Å²) in [5.41, 5.74) is 0.354. The Morgan fingerprint density at radius 1 is 1.50 bits per heavy atom. The van der Waals surface area contributed by atoms with Crippen LogP contribution in [0.25, 0.3) is 0 Å². The molecule has 0 fully saturated rings. The van der Waals surface area contributed by atoms with E-state index in [-0.39, 0.29) is 5.75 Å². The molecule has 0 aliphatic rings. The minimum absolute atomic E-state index is 0.0937. The summed E-state index contributed by atoms with van der Waals surface area (Å²) in [6.45, 7) is 0.419. The van der Waals surface area contributed by atoms with Crippen LogP contribution in [0.5, 0.6) is 5.75 Å². The molecule has 4 nitrogen and oxygen atoms in total. The molecule has 0 saturated carbocycles. The quantitative estimate of drug-likeness (QED) is 0.860. The van der Waals surface area contributed by atoms with Gasteiger partial charge in [-0.15, -0.1) is 11.3 Å². The van der Waals surface area contributed by atoms with Crippen LogP contribution in [0.1, 0.15) is 16.5 Å². The smallest absolute Gasteiger partial charge is 0.325 e. The van der Waals surface area contributed by atoms with Gasteiger partial charge in [0.25, 0.3) is 0 Å². The highest BCUT2D eigenvalue weighted by Gasteiger charge is 2.20. The van der Waals surface area contributed by atoms with E-state index in [0.29, 0.717) is 12.1 Å². The number of hydrogen-bond donors (Lipinski definition) is 2. The third kappa shape index (κ3) is 3.34. The number of ether oxygens (including phenoxy) is 1. The lowest BCUT2D eigenvalue weighted by Gasteiger charge is -2.15. The molecule has 0 spiro atoms. The zero-order valence-electron chi connectivity index (χ0n) is 10.8. The van der Waals surface area contributed by atoms with Crippen LogP contribution in [0, 0.1) is 5.82 Å². The van der Waals surface area contributed by atoms with Gasteiger partial charge < -0.3 is 9.84 Å². The average Bonchev–Trinajstić information content (AvgIpc) is 2.92. The molecule has 20 heavy (non-hydrogen) atoms. The summed E-state index contributed by atoms with van der Waals surface area (Å²) in [6, 6.07) is 6.99. The van der Waals surface area contributed by atoms with Crippen molar-refractivity contribution >= 4 is 17.3 Å². The number of methoxy groups -OCH3 is 1. The number of rotatable bonds is 6. The second kappa shape index (κ2) is 6.49. The van der Waals surface area contributed by atoms with E-state index in [1.54, 1.807) is 6.07 Å². The van der Waals surface area contributed by atoms with E-state index in [9.17, 15) is 14.3 Å². The first-order valence-corrected chi connectivity index (χ1v) is 6.82. The molecule has 1 aromatic carbocycles. The molecule has 106 valence electrons. The molecule has 0 aliphatic carbocycles. The number of hydrogen-bond acceptors (Lipinski definition) is 4. The van der Waals surface area contributed by atoms with Crippen LogP contribution in [0.4, 0.5) is 4.39 Å². The SMILES string of the molecule is COc1ccc(C(NCc2cccs2)C(=O)O)cc1F. The fraction of sp³-hybridized carbons (Fsp3) is 0.214. The highest BCUT2D eigenvalue weighted by molar-refractivity contribution is 7.09. The van der Waals surface area contributed by atoms with Crippen molar-refractivity contribution in [2.24, 2.45) is 0 Å². The van der Waals surface area contributed by atoms with Crippen molar-refractivity contribution in [3.05, 3.63) is 52.0 Å². The summed E-state index contributed by atoms with van der Waals surface area (Å²) >= 11 is 1.53. The first-order valence-electron chi connectivity index (χ1n) is 5.94. The molecule has 2 rings (SSSR count). The van der Waals surface area contributed by atoms with Gasteiger partial charge in [0.15, 0.2) is 11.6 Å². The van der Waals surface area contributed by atoms with Gasteiger partial charge in [-0.1, -0.05) is 12.1 Å². The maximum absolute atomic E-state index is 13.6. The molecular formula is C14H14FNO3S. The van der Waals surface area contributed by atoms with Crippen LogP contribution in [0.15, 0.2) is 35.7 Å². The van der Waals surface area contributed by atoms with Crippen molar-refractivity contribution in [3.63, 3.8) is 0 Å². The largest absolute Gasteiger partial charge is 0.494 e. The number of halogens is 1. The predicted molar refractivity (Wildman–Crippen MR) is 74.5 cm³/mol. The number of aliphatic carboxylic acids is 1. The highest BCUT2D eigenvalue weighted by atomic mass is 32.1. The molecule has 0 radical (unpaired) electrons. The molecule has 1 unspecified atom stereocenters. The maximum Gasteiger partial charge on any atom is 0.325 e. The number of benzene rings is 1. The van der Waals surface area contributed by atoms with Crippen molar-refractivity contribution < 1.29 is 19.0 Å². The first-order chi connectivity index (χ1) is 9.61. The molecule has 2 N–H and O–H groups in total. The standard InChI is InChI=1S/C14H14FNO3S/c1-19-12-5-4-9(7-11(12)15)13(14(17)18)16-8-10-3-2-6-20-10/h2-7,13,16H,8H2,1H3,(H,17,18). The van der Waals surface area contributed by atoms with Crippen molar-refractivity contribution in [3.8, 4) is 5.75 Å². The Kier molecular flexibility index (Phi) is 4.70. The molecule has 1 heterocycles. The van der Waals surface area contributed by atoms with Gasteiger partial charge in [-0.3, -0.25) is 10.1 Å². The maximum atomic E-state index is 13.6. The molecule has 6 heteroatoms. The topological polar surface area (TPSA) is 58.6 Å². The Hall–Kier alpha value is -1.92. The Labute approximate surface area is 119 Å². The van der Waals surface area contributed by atoms with Crippen molar-refractivity contribution in [2.75, 3.05) is 7.11 Å². The van der Waals surface area contributed by atoms with Gasteiger partial charge in [-0.2, -0.15) is 0 Å². The van der Waals surface area contributed by atoms with E-state index in [0.717, 1.165) is 4.88 Å². The zero-order chi connectivity index (χ0) is 14.5. The minimum atomic E-state index is -1.05. The van der Waals surface area contributed by atoms with E-state index >= 15 is 0 Å². The third-order valence-electron chi connectivity index (χ3n) is 2.82. The monoisotopic (exact) mass is 295 g/mol. The van der Waals surface area contributed by atoms with Crippen LogP contribution >= 0.6 is 11.3 Å². The van der Waals surface area contributed by atoms with Crippen molar-refractivity contribution in [1.82, 2.24) is 5.32 Å². The van der Waals surface area contributed by atoms with Crippen LogP contribution < -0.4 is 10.1 Å². The molecule has 0 amide bonds. The second-order valence-corrected chi connectivity index (χ2v) is 5.16. The summed E-state index contributed by atoms with van der Waals surface area (Å²) in [5.74, 6) is -1.53. The number of thiophene rings is 1. The lowest BCUT2D eigenvalue weighted by Crippen LogP contribution is -2.27. The summed E-state index contributed by atoms with van der Waals surface area (Å²) < 4.78 is 18.5. The Morgan fingerprint density at radius 3 is 2.85 bits per heavy atom. The summed E-state index contributed by atoms with van der Waals surface area (Å²) in [7, 11) is 1.36. The number of carbonyl (C=O) groups is 1. The molecule has 1 aromatic heterocycles. The van der Waals surface area contributed by atoms with Crippen LogP contribution in [0.3, 0.4) is 0 Å². The van der Waals surface area contributed by atoms with Gasteiger partial charge in [0, 0.05) is 11.4 Å². The minimum Gasteiger partial charge on any atom is -0.494 e. The van der Waals surface area contributed by atoms with E-state index in [4.69, 9.17) is 4.74 Å². The summed E-state index contributed by atoms with van der Waals surface area (Å²) in [6.07, 6.45) is 0. The Morgan fingerprint density at radius 2 is 2.30 bits per heavy atom. The Bertz CT molecular complexity index is 586. The van der Waals surface area contributed by atoms with E-state index in [2.05, 4.69) is 5.32 Å². The molecule has 0 bridgehead atoms. The van der Waals surface area contributed by atoms with Crippen LogP contribution in [-0.4, -0.2) is 18.2 Å². The molecule has 0 saturated heterocycles. The number of carboxylic acid groups (broad SMARTS) is 1. The van der Waals surface area contributed by atoms with Gasteiger partial charge in [0.05, 0.1) is 7.11 Å². The predicted octanol–water partition coefficient (Wildman–Crippen LogP) is 2.81. The van der Waals surface area contributed by atoms with E-state index in [1.165, 1.54) is 30.6 Å². The number of nitrogens with one attached hydrogen (secondary N) is 1. The van der Waals surface area contributed by atoms with Gasteiger partial charge in [-0.05, 0) is 29.1 Å². The zero-order valence-corrected chi connectivity index (χ0v) is 11.6. The van der Waals surface area contributed by atoms with Gasteiger partial charge >= 0.3 is 5.97 Å². The fourth-order valence-corrected chi connectivity index (χ4v) is 2.48. The molecule has 0 aliphatic heterocycles. The highest BCUT2D eigenvalue weighted by Crippen LogP contribution is 2.22. The summed E-state index contributed by atoms with van der Waals surface area (Å²) in [5, 5.41) is 14.1. The van der Waals surface area contributed by atoms with Gasteiger partial charge in [0.1, 0.15) is 6.04 Å². The average molecular weight is 295 g/mol. The number of carboxylic acids is 1. The normalized spacial score (nSPS) is 12.1. The lowest BCUT2D eigenvalue weighted by atomic mass is 10.1. The van der Waals surface area contributed by atoms with Crippen LogP contribution in [0.2, 0.25) is 0 Å². The first kappa shape index (κ1) is 14.5. The third-order valence-corrected chi connectivity index (χ3v) is 3.69.